The summed E-state index contributed by atoms with van der Waals surface area (Å²) >= 11 is 0. The molecule has 1 aromatic heterocycles. The maximum Gasteiger partial charge on any atom is 0.328 e. The van der Waals surface area contributed by atoms with E-state index in [1.165, 1.54) is 18.1 Å². The van der Waals surface area contributed by atoms with Crippen LogP contribution in [0.1, 0.15) is 16.9 Å². The number of ether oxygens (including phenoxy) is 1. The van der Waals surface area contributed by atoms with Gasteiger partial charge in [0.05, 0.1) is 19.4 Å². The van der Waals surface area contributed by atoms with Crippen LogP contribution in [-0.2, 0) is 9.53 Å². The highest BCUT2D eigenvalue weighted by Gasteiger charge is 2.40. The van der Waals surface area contributed by atoms with Crippen molar-refractivity contribution in [3.05, 3.63) is 29.8 Å². The molecule has 2 heterocycles. The van der Waals surface area contributed by atoms with Gasteiger partial charge in [-0.25, -0.2) is 14.2 Å². The molecule has 2 rings (SSSR count). The fraction of sp³-hybridized carbons (Fsp3) is 0.417. The number of carbonyl (C=O) groups is 2. The number of aliphatic hydroxyl groups excluding tert-OH is 1. The number of aliphatic hydroxyl groups is 1. The van der Waals surface area contributed by atoms with E-state index in [1.807, 2.05) is 0 Å². The van der Waals surface area contributed by atoms with Crippen molar-refractivity contribution < 1.29 is 23.8 Å². The maximum atomic E-state index is 12.7. The van der Waals surface area contributed by atoms with Gasteiger partial charge in [0.1, 0.15) is 17.6 Å². The second kappa shape index (κ2) is 5.31. The number of hydrogen-bond acceptors (Lipinski definition) is 5. The van der Waals surface area contributed by atoms with Gasteiger partial charge in [0, 0.05) is 13.0 Å². The summed E-state index contributed by atoms with van der Waals surface area (Å²) in [6.45, 7) is 0.0255. The van der Waals surface area contributed by atoms with Gasteiger partial charge in [-0.3, -0.25) is 4.79 Å². The third kappa shape index (κ3) is 2.70. The van der Waals surface area contributed by atoms with Gasteiger partial charge in [0.2, 0.25) is 0 Å². The summed E-state index contributed by atoms with van der Waals surface area (Å²) in [4.78, 5) is 28.6. The molecule has 0 aromatic carbocycles. The molecule has 1 aliphatic rings. The Morgan fingerprint density at radius 1 is 1.53 bits per heavy atom. The molecule has 102 valence electrons. The minimum absolute atomic E-state index is 0.0180. The number of hydrogen-bond donors (Lipinski definition) is 1. The van der Waals surface area contributed by atoms with E-state index in [0.29, 0.717) is 0 Å². The SMILES string of the molecule is COC(=O)C1CC(O)CN1C(=O)c1ccc(F)cn1. The Bertz CT molecular complexity index is 491. The molecule has 2 unspecified atom stereocenters. The second-order valence-electron chi connectivity index (χ2n) is 4.25. The van der Waals surface area contributed by atoms with E-state index in [4.69, 9.17) is 0 Å². The number of likely N-dealkylation sites (tertiary alicyclic amines) is 1. The molecule has 0 aliphatic carbocycles. The van der Waals surface area contributed by atoms with Crippen LogP contribution in [0.5, 0.6) is 0 Å². The molecule has 0 radical (unpaired) electrons. The molecular formula is C12H13FN2O4. The van der Waals surface area contributed by atoms with Crippen molar-refractivity contribution in [3.63, 3.8) is 0 Å². The van der Waals surface area contributed by atoms with Crippen LogP contribution in [0.3, 0.4) is 0 Å². The second-order valence-corrected chi connectivity index (χ2v) is 4.25. The third-order valence-corrected chi connectivity index (χ3v) is 2.96. The number of rotatable bonds is 2. The van der Waals surface area contributed by atoms with Crippen molar-refractivity contribution in [2.45, 2.75) is 18.6 Å². The Labute approximate surface area is 108 Å². The first-order valence-corrected chi connectivity index (χ1v) is 5.71. The Hall–Kier alpha value is -2.02. The molecular weight excluding hydrogens is 255 g/mol. The lowest BCUT2D eigenvalue weighted by molar-refractivity contribution is -0.145. The third-order valence-electron chi connectivity index (χ3n) is 2.96. The molecule has 19 heavy (non-hydrogen) atoms. The van der Waals surface area contributed by atoms with Crippen LogP contribution in [0, 0.1) is 5.82 Å². The van der Waals surface area contributed by atoms with Crippen molar-refractivity contribution >= 4 is 11.9 Å². The van der Waals surface area contributed by atoms with Gasteiger partial charge in [0.15, 0.2) is 0 Å². The Morgan fingerprint density at radius 2 is 2.26 bits per heavy atom. The lowest BCUT2D eigenvalue weighted by Crippen LogP contribution is -2.41. The molecule has 0 bridgehead atoms. The van der Waals surface area contributed by atoms with E-state index < -0.39 is 29.8 Å². The van der Waals surface area contributed by atoms with Crippen LogP contribution in [0.2, 0.25) is 0 Å². The summed E-state index contributed by atoms with van der Waals surface area (Å²) < 4.78 is 17.3. The van der Waals surface area contributed by atoms with Gasteiger partial charge in [0.25, 0.3) is 5.91 Å². The number of methoxy groups -OCH3 is 1. The molecule has 1 amide bonds. The largest absolute Gasteiger partial charge is 0.467 e. The van der Waals surface area contributed by atoms with Crippen LogP contribution in [0.25, 0.3) is 0 Å². The van der Waals surface area contributed by atoms with E-state index in [9.17, 15) is 19.1 Å². The summed E-state index contributed by atoms with van der Waals surface area (Å²) in [6.07, 6.45) is 0.264. The van der Waals surface area contributed by atoms with E-state index in [2.05, 4.69) is 9.72 Å². The molecule has 1 fully saturated rings. The molecule has 0 saturated carbocycles. The first-order valence-electron chi connectivity index (χ1n) is 5.71. The zero-order valence-corrected chi connectivity index (χ0v) is 10.2. The summed E-state index contributed by atoms with van der Waals surface area (Å²) in [5.74, 6) is -1.68. The smallest absolute Gasteiger partial charge is 0.328 e. The minimum atomic E-state index is -0.834. The molecule has 1 aliphatic heterocycles. The number of aromatic nitrogens is 1. The Balaban J connectivity index is 2.21. The fourth-order valence-corrected chi connectivity index (χ4v) is 2.05. The summed E-state index contributed by atoms with van der Waals surface area (Å²) in [5.41, 5.74) is 0.0180. The normalized spacial score (nSPS) is 22.4. The van der Waals surface area contributed by atoms with E-state index in [0.717, 1.165) is 12.3 Å². The van der Waals surface area contributed by atoms with Crippen molar-refractivity contribution in [1.29, 1.82) is 0 Å². The highest BCUT2D eigenvalue weighted by atomic mass is 19.1. The number of carbonyl (C=O) groups excluding carboxylic acids is 2. The van der Waals surface area contributed by atoms with Crippen molar-refractivity contribution in [3.8, 4) is 0 Å². The zero-order valence-electron chi connectivity index (χ0n) is 10.2. The van der Waals surface area contributed by atoms with E-state index >= 15 is 0 Å². The molecule has 0 spiro atoms. The predicted molar refractivity (Wildman–Crippen MR) is 61.7 cm³/mol. The number of halogens is 1. The molecule has 6 nitrogen and oxygen atoms in total. The van der Waals surface area contributed by atoms with Gasteiger partial charge in [-0.1, -0.05) is 0 Å². The average molecular weight is 268 g/mol. The minimum Gasteiger partial charge on any atom is -0.467 e. The predicted octanol–water partition coefficient (Wildman–Crippen LogP) is -0.0309. The van der Waals surface area contributed by atoms with Crippen LogP contribution in [0.15, 0.2) is 18.3 Å². The molecule has 7 heteroatoms. The monoisotopic (exact) mass is 268 g/mol. The van der Waals surface area contributed by atoms with Crippen LogP contribution >= 0.6 is 0 Å². The standard InChI is InChI=1S/C12H13FN2O4/c1-19-12(18)10-4-8(16)6-15(10)11(17)9-3-2-7(13)5-14-9/h2-3,5,8,10,16H,4,6H2,1H3. The molecule has 1 aromatic rings. The summed E-state index contributed by atoms with van der Waals surface area (Å²) in [7, 11) is 1.21. The van der Waals surface area contributed by atoms with Crippen LogP contribution < -0.4 is 0 Å². The highest BCUT2D eigenvalue weighted by molar-refractivity contribution is 5.95. The quantitative estimate of drug-likeness (QED) is 0.762. The highest BCUT2D eigenvalue weighted by Crippen LogP contribution is 2.21. The lowest BCUT2D eigenvalue weighted by atomic mass is 10.2. The zero-order chi connectivity index (χ0) is 14.0. The number of amides is 1. The van der Waals surface area contributed by atoms with Gasteiger partial charge >= 0.3 is 5.97 Å². The van der Waals surface area contributed by atoms with Gasteiger partial charge in [-0.15, -0.1) is 0 Å². The molecule has 1 N–H and O–H groups in total. The number of pyridine rings is 1. The lowest BCUT2D eigenvalue weighted by Gasteiger charge is -2.21. The van der Waals surface area contributed by atoms with Crippen molar-refractivity contribution in [2.75, 3.05) is 13.7 Å². The summed E-state index contributed by atoms with van der Waals surface area (Å²) in [5, 5.41) is 9.57. The number of β-amino-alcohol motifs (C(OH)–C–C–N with tert-alkyl or cyclic N) is 1. The topological polar surface area (TPSA) is 79.7 Å². The van der Waals surface area contributed by atoms with Crippen molar-refractivity contribution in [1.82, 2.24) is 9.88 Å². The molecule has 1 saturated heterocycles. The van der Waals surface area contributed by atoms with Crippen LogP contribution in [0.4, 0.5) is 4.39 Å². The van der Waals surface area contributed by atoms with E-state index in [1.54, 1.807) is 0 Å². The average Bonchev–Trinajstić information content (AvgIpc) is 2.80. The first-order chi connectivity index (χ1) is 9.02. The Kier molecular flexibility index (Phi) is 3.75. The Morgan fingerprint density at radius 3 is 2.84 bits per heavy atom. The number of nitrogens with zero attached hydrogens (tertiary/aromatic N) is 2. The summed E-state index contributed by atoms with van der Waals surface area (Å²) in [6, 6.07) is 1.51. The van der Waals surface area contributed by atoms with Crippen LogP contribution in [-0.4, -0.2) is 52.7 Å². The van der Waals surface area contributed by atoms with Crippen molar-refractivity contribution in [2.24, 2.45) is 0 Å². The van der Waals surface area contributed by atoms with Gasteiger partial charge in [-0.2, -0.15) is 0 Å². The van der Waals surface area contributed by atoms with E-state index in [-0.39, 0.29) is 18.7 Å². The first kappa shape index (κ1) is 13.4. The van der Waals surface area contributed by atoms with Gasteiger partial charge < -0.3 is 14.7 Å². The maximum absolute atomic E-state index is 12.7. The molecule has 2 atom stereocenters. The number of esters is 1. The fourth-order valence-electron chi connectivity index (χ4n) is 2.05. The van der Waals surface area contributed by atoms with Gasteiger partial charge in [-0.05, 0) is 12.1 Å².